The fourth-order valence-electron chi connectivity index (χ4n) is 1.40. The fraction of sp³-hybridized carbons (Fsp3) is 0.385. The highest BCUT2D eigenvalue weighted by Crippen LogP contribution is 2.03. The van der Waals surface area contributed by atoms with E-state index in [0.29, 0.717) is 12.0 Å². The number of aromatic nitrogens is 1. The third kappa shape index (κ3) is 3.39. The molecule has 1 N–H and O–H groups in total. The standard InChI is InChI=1S/C13H16N2O/c1-4-6-12(5-2)15-13(16)11-7-8-14-10(3)9-11/h1,7-9,12H,5-6H2,2-3H3,(H,15,16). The molecule has 0 aliphatic heterocycles. The van der Waals surface area contributed by atoms with E-state index >= 15 is 0 Å². The second kappa shape index (κ2) is 5.92. The van der Waals surface area contributed by atoms with Gasteiger partial charge in [-0.2, -0.15) is 0 Å². The first-order valence-electron chi connectivity index (χ1n) is 5.34. The Balaban J connectivity index is 2.68. The van der Waals surface area contributed by atoms with Gasteiger partial charge in [0, 0.05) is 29.9 Å². The number of aryl methyl sites for hydroxylation is 1. The molecule has 0 aliphatic carbocycles. The molecule has 1 aromatic heterocycles. The second-order valence-corrected chi connectivity index (χ2v) is 3.67. The maximum atomic E-state index is 11.8. The van der Waals surface area contributed by atoms with Crippen LogP contribution in [0.15, 0.2) is 18.3 Å². The fourth-order valence-corrected chi connectivity index (χ4v) is 1.40. The number of hydrogen-bond acceptors (Lipinski definition) is 2. The van der Waals surface area contributed by atoms with E-state index in [-0.39, 0.29) is 11.9 Å². The van der Waals surface area contributed by atoms with Crippen molar-refractivity contribution in [1.29, 1.82) is 0 Å². The van der Waals surface area contributed by atoms with E-state index in [9.17, 15) is 4.79 Å². The summed E-state index contributed by atoms with van der Waals surface area (Å²) in [7, 11) is 0. The number of amides is 1. The van der Waals surface area contributed by atoms with Gasteiger partial charge in [-0.25, -0.2) is 0 Å². The highest BCUT2D eigenvalue weighted by atomic mass is 16.1. The van der Waals surface area contributed by atoms with E-state index < -0.39 is 0 Å². The van der Waals surface area contributed by atoms with Crippen LogP contribution in [0.25, 0.3) is 0 Å². The number of nitrogens with one attached hydrogen (secondary N) is 1. The number of pyridine rings is 1. The zero-order valence-corrected chi connectivity index (χ0v) is 9.66. The van der Waals surface area contributed by atoms with Crippen molar-refractivity contribution in [2.75, 3.05) is 0 Å². The van der Waals surface area contributed by atoms with Crippen LogP contribution in [0.1, 0.15) is 35.8 Å². The minimum absolute atomic E-state index is 0.0472. The molecule has 1 amide bonds. The second-order valence-electron chi connectivity index (χ2n) is 3.67. The molecule has 0 radical (unpaired) electrons. The van der Waals surface area contributed by atoms with Gasteiger partial charge in [-0.1, -0.05) is 6.92 Å². The van der Waals surface area contributed by atoms with Crippen LogP contribution in [-0.2, 0) is 0 Å². The summed E-state index contributed by atoms with van der Waals surface area (Å²) in [5.74, 6) is 2.47. The lowest BCUT2D eigenvalue weighted by molar-refractivity contribution is 0.0936. The van der Waals surface area contributed by atoms with E-state index in [1.54, 1.807) is 18.3 Å². The molecule has 0 fully saturated rings. The van der Waals surface area contributed by atoms with Crippen LogP contribution in [0.5, 0.6) is 0 Å². The first-order valence-corrected chi connectivity index (χ1v) is 5.34. The number of terminal acetylenes is 1. The van der Waals surface area contributed by atoms with Crippen molar-refractivity contribution in [2.45, 2.75) is 32.7 Å². The SMILES string of the molecule is C#CCC(CC)NC(=O)c1ccnc(C)c1. The lowest BCUT2D eigenvalue weighted by Gasteiger charge is -2.14. The van der Waals surface area contributed by atoms with E-state index in [4.69, 9.17) is 6.42 Å². The van der Waals surface area contributed by atoms with Gasteiger partial charge in [0.25, 0.3) is 5.91 Å². The molecule has 3 nitrogen and oxygen atoms in total. The number of nitrogens with zero attached hydrogens (tertiary/aromatic N) is 1. The maximum Gasteiger partial charge on any atom is 0.251 e. The predicted octanol–water partition coefficient (Wildman–Crippen LogP) is 1.92. The largest absolute Gasteiger partial charge is 0.348 e. The van der Waals surface area contributed by atoms with Crippen LogP contribution in [0.3, 0.4) is 0 Å². The van der Waals surface area contributed by atoms with E-state index in [2.05, 4.69) is 16.2 Å². The van der Waals surface area contributed by atoms with Crippen molar-refractivity contribution in [3.8, 4) is 12.3 Å². The molecule has 0 spiro atoms. The van der Waals surface area contributed by atoms with Crippen LogP contribution < -0.4 is 5.32 Å². The van der Waals surface area contributed by atoms with Crippen molar-refractivity contribution < 1.29 is 4.79 Å². The van der Waals surface area contributed by atoms with Gasteiger partial charge < -0.3 is 5.32 Å². The monoisotopic (exact) mass is 216 g/mol. The Hall–Kier alpha value is -1.82. The van der Waals surface area contributed by atoms with E-state index in [0.717, 1.165) is 12.1 Å². The van der Waals surface area contributed by atoms with Gasteiger partial charge in [-0.3, -0.25) is 9.78 Å². The van der Waals surface area contributed by atoms with Crippen LogP contribution in [0.2, 0.25) is 0 Å². The molecule has 1 aromatic rings. The molecule has 1 atom stereocenters. The third-order valence-electron chi connectivity index (χ3n) is 2.35. The van der Waals surface area contributed by atoms with Crippen molar-refractivity contribution in [1.82, 2.24) is 10.3 Å². The summed E-state index contributed by atoms with van der Waals surface area (Å²) in [6, 6.07) is 3.51. The van der Waals surface area contributed by atoms with Crippen LogP contribution in [0, 0.1) is 19.3 Å². The molecule has 1 heterocycles. The smallest absolute Gasteiger partial charge is 0.251 e. The van der Waals surface area contributed by atoms with E-state index in [1.807, 2.05) is 13.8 Å². The molecule has 0 saturated carbocycles. The van der Waals surface area contributed by atoms with Gasteiger partial charge in [0.1, 0.15) is 0 Å². The number of carbonyl (C=O) groups is 1. The lowest BCUT2D eigenvalue weighted by atomic mass is 10.1. The predicted molar refractivity (Wildman–Crippen MR) is 64.0 cm³/mol. The summed E-state index contributed by atoms with van der Waals surface area (Å²) in [6.45, 7) is 3.86. The summed E-state index contributed by atoms with van der Waals surface area (Å²) in [4.78, 5) is 15.9. The van der Waals surface area contributed by atoms with Crippen LogP contribution >= 0.6 is 0 Å². The molecular formula is C13H16N2O. The average Bonchev–Trinajstić information content (AvgIpc) is 2.28. The number of rotatable bonds is 4. The molecule has 1 rings (SSSR count). The first kappa shape index (κ1) is 12.3. The molecule has 84 valence electrons. The van der Waals surface area contributed by atoms with Crippen molar-refractivity contribution in [2.24, 2.45) is 0 Å². The molecule has 0 bridgehead atoms. The lowest BCUT2D eigenvalue weighted by Crippen LogP contribution is -2.34. The Labute approximate surface area is 96.3 Å². The Kier molecular flexibility index (Phi) is 4.53. The molecular weight excluding hydrogens is 200 g/mol. The third-order valence-corrected chi connectivity index (χ3v) is 2.35. The summed E-state index contributed by atoms with van der Waals surface area (Å²) >= 11 is 0. The van der Waals surface area contributed by atoms with Crippen LogP contribution in [-0.4, -0.2) is 16.9 Å². The topological polar surface area (TPSA) is 42.0 Å². The highest BCUT2D eigenvalue weighted by molar-refractivity contribution is 5.94. The van der Waals surface area contributed by atoms with Gasteiger partial charge in [0.15, 0.2) is 0 Å². The van der Waals surface area contributed by atoms with Gasteiger partial charge in [-0.15, -0.1) is 12.3 Å². The summed E-state index contributed by atoms with van der Waals surface area (Å²) in [5.41, 5.74) is 1.46. The normalized spacial score (nSPS) is 11.6. The van der Waals surface area contributed by atoms with Gasteiger partial charge in [0.2, 0.25) is 0 Å². The summed E-state index contributed by atoms with van der Waals surface area (Å²) < 4.78 is 0. The Morgan fingerprint density at radius 3 is 3.00 bits per heavy atom. The zero-order valence-electron chi connectivity index (χ0n) is 9.66. The van der Waals surface area contributed by atoms with Crippen molar-refractivity contribution >= 4 is 5.91 Å². The zero-order chi connectivity index (χ0) is 12.0. The number of hydrogen-bond donors (Lipinski definition) is 1. The maximum absolute atomic E-state index is 11.8. The summed E-state index contributed by atoms with van der Waals surface area (Å²) in [5, 5.41) is 2.90. The molecule has 0 aromatic carbocycles. The summed E-state index contributed by atoms with van der Waals surface area (Å²) in [6.07, 6.45) is 8.26. The Morgan fingerprint density at radius 1 is 1.69 bits per heavy atom. The number of carbonyl (C=O) groups excluding carboxylic acids is 1. The Morgan fingerprint density at radius 2 is 2.44 bits per heavy atom. The highest BCUT2D eigenvalue weighted by Gasteiger charge is 2.11. The molecule has 0 aliphatic rings. The van der Waals surface area contributed by atoms with Crippen molar-refractivity contribution in [3.63, 3.8) is 0 Å². The van der Waals surface area contributed by atoms with Gasteiger partial charge in [0.05, 0.1) is 0 Å². The minimum Gasteiger partial charge on any atom is -0.348 e. The Bertz CT molecular complexity index is 407. The molecule has 1 unspecified atom stereocenters. The molecule has 3 heteroatoms. The van der Waals surface area contributed by atoms with Crippen molar-refractivity contribution in [3.05, 3.63) is 29.6 Å². The average molecular weight is 216 g/mol. The quantitative estimate of drug-likeness (QED) is 0.781. The first-order chi connectivity index (χ1) is 7.67. The van der Waals surface area contributed by atoms with E-state index in [1.165, 1.54) is 0 Å². The minimum atomic E-state index is -0.0902. The molecule has 16 heavy (non-hydrogen) atoms. The van der Waals surface area contributed by atoms with Crippen LogP contribution in [0.4, 0.5) is 0 Å². The van der Waals surface area contributed by atoms with Gasteiger partial charge >= 0.3 is 0 Å². The molecule has 0 saturated heterocycles. The van der Waals surface area contributed by atoms with Gasteiger partial charge in [-0.05, 0) is 25.5 Å².